The number of amides is 2. The van der Waals surface area contributed by atoms with Crippen LogP contribution in [0.2, 0.25) is 0 Å². The molecule has 0 rings (SSSR count). The number of allylic oxidation sites excluding steroid dienone is 1. The van der Waals surface area contributed by atoms with E-state index in [0.717, 1.165) is 12.0 Å². The van der Waals surface area contributed by atoms with Gasteiger partial charge in [0.15, 0.2) is 0 Å². The summed E-state index contributed by atoms with van der Waals surface area (Å²) in [6.45, 7) is 3.80. The molecule has 0 saturated carbocycles. The summed E-state index contributed by atoms with van der Waals surface area (Å²) in [6.07, 6.45) is -2.42. The Labute approximate surface area is 104 Å². The summed E-state index contributed by atoms with van der Waals surface area (Å²) < 4.78 is 35.3. The summed E-state index contributed by atoms with van der Waals surface area (Å²) in [5.41, 5.74) is 0.915. The minimum Gasteiger partial charge on any atom is -0.352 e. The van der Waals surface area contributed by atoms with Crippen molar-refractivity contribution in [2.24, 2.45) is 0 Å². The molecule has 0 bridgehead atoms. The van der Waals surface area contributed by atoms with Gasteiger partial charge in [-0.15, -0.1) is 0 Å². The quantitative estimate of drug-likeness (QED) is 0.566. The van der Waals surface area contributed by atoms with Crippen LogP contribution in [-0.2, 0) is 9.59 Å². The summed E-state index contributed by atoms with van der Waals surface area (Å²) >= 11 is 0. The summed E-state index contributed by atoms with van der Waals surface area (Å²) in [5.74, 6) is -2.24. The van der Waals surface area contributed by atoms with Crippen molar-refractivity contribution in [3.63, 3.8) is 0 Å². The van der Waals surface area contributed by atoms with Crippen molar-refractivity contribution in [1.29, 1.82) is 0 Å². The highest BCUT2D eigenvalue weighted by Gasteiger charge is 2.38. The SMILES string of the molecule is CC/C(C)=C/C(=O)NCCCNC(=O)C(F)(F)F. The van der Waals surface area contributed by atoms with Gasteiger partial charge in [-0.1, -0.05) is 12.5 Å². The van der Waals surface area contributed by atoms with Crippen molar-refractivity contribution >= 4 is 11.8 Å². The average molecular weight is 266 g/mol. The molecule has 0 aliphatic heterocycles. The molecule has 4 nitrogen and oxygen atoms in total. The second kappa shape index (κ2) is 7.73. The van der Waals surface area contributed by atoms with Gasteiger partial charge in [0.1, 0.15) is 0 Å². The Morgan fingerprint density at radius 1 is 1.17 bits per heavy atom. The van der Waals surface area contributed by atoms with E-state index in [4.69, 9.17) is 0 Å². The maximum Gasteiger partial charge on any atom is 0.471 e. The van der Waals surface area contributed by atoms with E-state index in [0.29, 0.717) is 0 Å². The van der Waals surface area contributed by atoms with Crippen LogP contribution in [0.15, 0.2) is 11.6 Å². The van der Waals surface area contributed by atoms with Gasteiger partial charge in [0.05, 0.1) is 0 Å². The van der Waals surface area contributed by atoms with E-state index < -0.39 is 12.1 Å². The summed E-state index contributed by atoms with van der Waals surface area (Å²) in [4.78, 5) is 21.6. The van der Waals surface area contributed by atoms with E-state index in [1.165, 1.54) is 6.08 Å². The lowest BCUT2D eigenvalue weighted by Gasteiger charge is -2.07. The van der Waals surface area contributed by atoms with E-state index in [9.17, 15) is 22.8 Å². The number of halogens is 3. The zero-order valence-electron chi connectivity index (χ0n) is 10.4. The van der Waals surface area contributed by atoms with Gasteiger partial charge >= 0.3 is 12.1 Å². The van der Waals surface area contributed by atoms with Gasteiger partial charge in [-0.05, 0) is 19.8 Å². The van der Waals surface area contributed by atoms with Gasteiger partial charge in [0.25, 0.3) is 0 Å². The molecule has 0 unspecified atom stereocenters. The summed E-state index contributed by atoms with van der Waals surface area (Å²) in [6, 6.07) is 0. The molecule has 0 fully saturated rings. The molecule has 0 aliphatic rings. The molecule has 2 N–H and O–H groups in total. The van der Waals surface area contributed by atoms with Gasteiger partial charge in [-0.2, -0.15) is 13.2 Å². The third kappa shape index (κ3) is 7.70. The van der Waals surface area contributed by atoms with Crippen LogP contribution in [0.25, 0.3) is 0 Å². The van der Waals surface area contributed by atoms with Crippen LogP contribution in [0.4, 0.5) is 13.2 Å². The van der Waals surface area contributed by atoms with Crippen LogP contribution >= 0.6 is 0 Å². The lowest BCUT2D eigenvalue weighted by Crippen LogP contribution is -2.38. The van der Waals surface area contributed by atoms with Crippen LogP contribution in [-0.4, -0.2) is 31.1 Å². The molecule has 0 atom stereocenters. The molecule has 0 heterocycles. The van der Waals surface area contributed by atoms with Gasteiger partial charge in [0, 0.05) is 19.2 Å². The summed E-state index contributed by atoms with van der Waals surface area (Å²) in [5, 5.41) is 4.23. The van der Waals surface area contributed by atoms with Gasteiger partial charge < -0.3 is 10.6 Å². The minimum absolute atomic E-state index is 0.130. The second-order valence-corrected chi connectivity index (χ2v) is 3.74. The highest BCUT2D eigenvalue weighted by Crippen LogP contribution is 2.13. The number of hydrogen-bond acceptors (Lipinski definition) is 2. The van der Waals surface area contributed by atoms with Gasteiger partial charge in [0.2, 0.25) is 5.91 Å². The van der Waals surface area contributed by atoms with Crippen molar-refractivity contribution in [3.05, 3.63) is 11.6 Å². The van der Waals surface area contributed by atoms with Crippen molar-refractivity contribution in [2.45, 2.75) is 32.9 Å². The zero-order valence-corrected chi connectivity index (χ0v) is 10.4. The van der Waals surface area contributed by atoms with Crippen molar-refractivity contribution < 1.29 is 22.8 Å². The molecule has 0 saturated heterocycles. The Morgan fingerprint density at radius 2 is 1.72 bits per heavy atom. The maximum absolute atomic E-state index is 11.8. The number of carbonyl (C=O) groups is 2. The van der Waals surface area contributed by atoms with Crippen LogP contribution in [0.3, 0.4) is 0 Å². The first-order valence-corrected chi connectivity index (χ1v) is 5.57. The minimum atomic E-state index is -4.86. The van der Waals surface area contributed by atoms with Crippen molar-refractivity contribution in [1.82, 2.24) is 10.6 Å². The zero-order chi connectivity index (χ0) is 14.2. The van der Waals surface area contributed by atoms with E-state index in [1.54, 1.807) is 5.32 Å². The summed E-state index contributed by atoms with van der Waals surface area (Å²) in [7, 11) is 0. The lowest BCUT2D eigenvalue weighted by atomic mass is 10.2. The van der Waals surface area contributed by atoms with Gasteiger partial charge in [-0.25, -0.2) is 0 Å². The molecule has 2 amide bonds. The molecule has 18 heavy (non-hydrogen) atoms. The monoisotopic (exact) mass is 266 g/mol. The maximum atomic E-state index is 11.8. The molecule has 0 radical (unpaired) electrons. The fourth-order valence-electron chi connectivity index (χ4n) is 0.979. The predicted octanol–water partition coefficient (Wildman–Crippen LogP) is 1.53. The molecule has 0 spiro atoms. The average Bonchev–Trinajstić information content (AvgIpc) is 2.26. The molecular weight excluding hydrogens is 249 g/mol. The first kappa shape index (κ1) is 16.5. The Balaban J connectivity index is 3.70. The first-order valence-electron chi connectivity index (χ1n) is 5.57. The molecule has 0 aliphatic carbocycles. The fourth-order valence-corrected chi connectivity index (χ4v) is 0.979. The third-order valence-corrected chi connectivity index (χ3v) is 2.13. The van der Waals surface area contributed by atoms with Crippen LogP contribution in [0.1, 0.15) is 26.7 Å². The Kier molecular flexibility index (Phi) is 7.07. The molecule has 0 aromatic rings. The number of alkyl halides is 3. The van der Waals surface area contributed by atoms with E-state index in [2.05, 4.69) is 5.32 Å². The van der Waals surface area contributed by atoms with Crippen LogP contribution in [0, 0.1) is 0 Å². The third-order valence-electron chi connectivity index (χ3n) is 2.13. The number of nitrogens with one attached hydrogen (secondary N) is 2. The highest BCUT2D eigenvalue weighted by molar-refractivity contribution is 5.88. The largest absolute Gasteiger partial charge is 0.471 e. The Hall–Kier alpha value is -1.53. The molecule has 0 aromatic heterocycles. The van der Waals surface area contributed by atoms with Crippen molar-refractivity contribution in [2.75, 3.05) is 13.1 Å². The highest BCUT2D eigenvalue weighted by atomic mass is 19.4. The number of carbonyl (C=O) groups excluding carboxylic acids is 2. The van der Waals surface area contributed by atoms with Gasteiger partial charge in [-0.3, -0.25) is 9.59 Å². The van der Waals surface area contributed by atoms with E-state index in [1.807, 2.05) is 13.8 Å². The Bertz CT molecular complexity index is 325. The number of rotatable bonds is 6. The standard InChI is InChI=1S/C11H17F3N2O2/c1-3-8(2)7-9(17)15-5-4-6-16-10(18)11(12,13)14/h7H,3-6H2,1-2H3,(H,15,17)(H,16,18)/b8-7+. The normalized spacial score (nSPS) is 12.2. The van der Waals surface area contributed by atoms with Crippen molar-refractivity contribution in [3.8, 4) is 0 Å². The van der Waals surface area contributed by atoms with E-state index in [-0.39, 0.29) is 25.4 Å². The molecular formula is C11H17F3N2O2. The topological polar surface area (TPSA) is 58.2 Å². The first-order chi connectivity index (χ1) is 8.27. The van der Waals surface area contributed by atoms with Crippen LogP contribution in [0.5, 0.6) is 0 Å². The second-order valence-electron chi connectivity index (χ2n) is 3.74. The number of hydrogen-bond donors (Lipinski definition) is 2. The molecule has 104 valence electrons. The lowest BCUT2D eigenvalue weighted by molar-refractivity contribution is -0.173. The van der Waals surface area contributed by atoms with Crippen LogP contribution < -0.4 is 10.6 Å². The Morgan fingerprint density at radius 3 is 2.22 bits per heavy atom. The predicted molar refractivity (Wildman–Crippen MR) is 60.7 cm³/mol. The fraction of sp³-hybridized carbons (Fsp3) is 0.636. The van der Waals surface area contributed by atoms with E-state index >= 15 is 0 Å². The molecule has 7 heteroatoms. The molecule has 0 aromatic carbocycles. The smallest absolute Gasteiger partial charge is 0.352 e.